The highest BCUT2D eigenvalue weighted by Crippen LogP contribution is 2.39. The SMILES string of the molecule is Nc1cccc2c1N(S(=O)(=O)c1ccc(Br)cc1Cl)CC2. The van der Waals surface area contributed by atoms with Crippen molar-refractivity contribution < 1.29 is 8.42 Å². The van der Waals surface area contributed by atoms with E-state index in [1.165, 1.54) is 10.4 Å². The topological polar surface area (TPSA) is 63.4 Å². The number of sulfonamides is 1. The minimum absolute atomic E-state index is 0.0865. The summed E-state index contributed by atoms with van der Waals surface area (Å²) < 4.78 is 27.8. The fourth-order valence-electron chi connectivity index (χ4n) is 2.49. The summed E-state index contributed by atoms with van der Waals surface area (Å²) in [4.78, 5) is 0.0865. The van der Waals surface area contributed by atoms with Gasteiger partial charge in [-0.3, -0.25) is 4.31 Å². The lowest BCUT2D eigenvalue weighted by Crippen LogP contribution is -2.29. The van der Waals surface area contributed by atoms with Gasteiger partial charge in [0, 0.05) is 11.0 Å². The summed E-state index contributed by atoms with van der Waals surface area (Å²) in [5, 5.41) is 0.187. The molecule has 1 aliphatic heterocycles. The van der Waals surface area contributed by atoms with Crippen LogP contribution in [0.4, 0.5) is 11.4 Å². The Morgan fingerprint density at radius 1 is 1.24 bits per heavy atom. The molecule has 0 bridgehead atoms. The first-order valence-electron chi connectivity index (χ1n) is 6.26. The van der Waals surface area contributed by atoms with Gasteiger partial charge < -0.3 is 5.73 Å². The van der Waals surface area contributed by atoms with Crippen molar-refractivity contribution in [3.63, 3.8) is 0 Å². The maximum atomic E-state index is 12.9. The Morgan fingerprint density at radius 3 is 2.71 bits per heavy atom. The molecule has 1 aliphatic rings. The van der Waals surface area contributed by atoms with Gasteiger partial charge in [0.25, 0.3) is 10.0 Å². The molecule has 21 heavy (non-hydrogen) atoms. The summed E-state index contributed by atoms with van der Waals surface area (Å²) in [7, 11) is -3.72. The summed E-state index contributed by atoms with van der Waals surface area (Å²) in [6.07, 6.45) is 0.647. The number of nitrogens with two attached hydrogens (primary N) is 1. The van der Waals surface area contributed by atoms with Crippen molar-refractivity contribution in [2.45, 2.75) is 11.3 Å². The molecule has 0 saturated carbocycles. The van der Waals surface area contributed by atoms with E-state index < -0.39 is 10.0 Å². The standard InChI is InChI=1S/C14H12BrClN2O2S/c15-10-4-5-13(11(16)8-10)21(19,20)18-7-6-9-2-1-3-12(17)14(9)18/h1-5,8H,6-7,17H2. The highest BCUT2D eigenvalue weighted by atomic mass is 79.9. The molecule has 2 aromatic carbocycles. The van der Waals surface area contributed by atoms with E-state index >= 15 is 0 Å². The van der Waals surface area contributed by atoms with E-state index in [-0.39, 0.29) is 9.92 Å². The summed E-state index contributed by atoms with van der Waals surface area (Å²) in [6.45, 7) is 0.373. The van der Waals surface area contributed by atoms with E-state index in [0.717, 1.165) is 10.0 Å². The van der Waals surface area contributed by atoms with Gasteiger partial charge in [-0.05, 0) is 36.2 Å². The number of fused-ring (bicyclic) bond motifs is 1. The lowest BCUT2D eigenvalue weighted by molar-refractivity contribution is 0.592. The molecule has 0 fully saturated rings. The zero-order valence-electron chi connectivity index (χ0n) is 10.9. The Morgan fingerprint density at radius 2 is 2.00 bits per heavy atom. The van der Waals surface area contributed by atoms with Crippen molar-refractivity contribution in [2.24, 2.45) is 0 Å². The van der Waals surface area contributed by atoms with Crippen molar-refractivity contribution in [2.75, 3.05) is 16.6 Å². The number of hydrogen-bond donors (Lipinski definition) is 1. The molecule has 0 saturated heterocycles. The normalized spacial score (nSPS) is 14.3. The highest BCUT2D eigenvalue weighted by Gasteiger charge is 2.33. The maximum absolute atomic E-state index is 12.9. The molecule has 7 heteroatoms. The van der Waals surface area contributed by atoms with Crippen LogP contribution in [-0.2, 0) is 16.4 Å². The zero-order valence-corrected chi connectivity index (χ0v) is 14.0. The second-order valence-corrected chi connectivity index (χ2v) is 7.91. The summed E-state index contributed by atoms with van der Waals surface area (Å²) in [5.74, 6) is 0. The Bertz CT molecular complexity index is 824. The fourth-order valence-corrected chi connectivity index (χ4v) is 5.04. The van der Waals surface area contributed by atoms with Crippen LogP contribution in [0.25, 0.3) is 0 Å². The largest absolute Gasteiger partial charge is 0.397 e. The van der Waals surface area contributed by atoms with E-state index in [2.05, 4.69) is 15.9 Å². The third kappa shape index (κ3) is 2.41. The lowest BCUT2D eigenvalue weighted by Gasteiger charge is -2.21. The quantitative estimate of drug-likeness (QED) is 0.803. The molecule has 4 nitrogen and oxygen atoms in total. The number of hydrogen-bond acceptors (Lipinski definition) is 3. The molecular formula is C14H12BrClN2O2S. The Hall–Kier alpha value is -1.24. The van der Waals surface area contributed by atoms with E-state index in [1.54, 1.807) is 18.2 Å². The van der Waals surface area contributed by atoms with Crippen molar-refractivity contribution in [3.8, 4) is 0 Å². The summed E-state index contributed by atoms with van der Waals surface area (Å²) in [6, 6.07) is 10.2. The maximum Gasteiger partial charge on any atom is 0.265 e. The Labute approximate surface area is 136 Å². The van der Waals surface area contributed by atoms with E-state index in [1.807, 2.05) is 12.1 Å². The Kier molecular flexibility index (Phi) is 3.63. The van der Waals surface area contributed by atoms with Crippen molar-refractivity contribution in [1.29, 1.82) is 0 Å². The molecule has 1 heterocycles. The molecule has 0 atom stereocenters. The second kappa shape index (κ2) is 5.19. The van der Waals surface area contributed by atoms with Crippen LogP contribution in [0, 0.1) is 0 Å². The average molecular weight is 388 g/mol. The number of nitrogens with zero attached hydrogens (tertiary/aromatic N) is 1. The van der Waals surface area contributed by atoms with Gasteiger partial charge in [-0.25, -0.2) is 8.42 Å². The predicted molar refractivity (Wildman–Crippen MR) is 88.2 cm³/mol. The summed E-state index contributed by atoms with van der Waals surface area (Å²) >= 11 is 9.36. The smallest absolute Gasteiger partial charge is 0.265 e. The van der Waals surface area contributed by atoms with Gasteiger partial charge >= 0.3 is 0 Å². The van der Waals surface area contributed by atoms with E-state index in [0.29, 0.717) is 24.3 Å². The molecule has 2 aromatic rings. The van der Waals surface area contributed by atoms with Crippen LogP contribution in [0.15, 0.2) is 45.8 Å². The van der Waals surface area contributed by atoms with E-state index in [9.17, 15) is 8.42 Å². The van der Waals surface area contributed by atoms with Crippen LogP contribution in [0.2, 0.25) is 5.02 Å². The molecular weight excluding hydrogens is 376 g/mol. The van der Waals surface area contributed by atoms with Crippen LogP contribution in [0.5, 0.6) is 0 Å². The highest BCUT2D eigenvalue weighted by molar-refractivity contribution is 9.10. The minimum Gasteiger partial charge on any atom is -0.397 e. The number of nitrogen functional groups attached to an aromatic ring is 1. The van der Waals surface area contributed by atoms with Crippen molar-refractivity contribution in [1.82, 2.24) is 0 Å². The van der Waals surface area contributed by atoms with Gasteiger partial charge in [-0.1, -0.05) is 39.7 Å². The molecule has 0 unspecified atom stereocenters. The van der Waals surface area contributed by atoms with Crippen LogP contribution in [0.3, 0.4) is 0 Å². The monoisotopic (exact) mass is 386 g/mol. The minimum atomic E-state index is -3.72. The molecule has 3 rings (SSSR count). The third-order valence-electron chi connectivity index (χ3n) is 3.45. The molecule has 0 aromatic heterocycles. The number of rotatable bonds is 2. The van der Waals surface area contributed by atoms with Gasteiger partial charge in [-0.15, -0.1) is 0 Å². The van der Waals surface area contributed by atoms with Gasteiger partial charge in [0.2, 0.25) is 0 Å². The molecule has 0 spiro atoms. The zero-order chi connectivity index (χ0) is 15.2. The second-order valence-electron chi connectivity index (χ2n) is 4.76. The predicted octanol–water partition coefficient (Wildman–Crippen LogP) is 3.44. The number of anilines is 2. The summed E-state index contributed by atoms with van der Waals surface area (Å²) in [5.41, 5.74) is 7.92. The average Bonchev–Trinajstić information content (AvgIpc) is 2.84. The molecule has 2 N–H and O–H groups in total. The number of benzene rings is 2. The number of halogens is 2. The van der Waals surface area contributed by atoms with Crippen LogP contribution in [0.1, 0.15) is 5.56 Å². The van der Waals surface area contributed by atoms with Gasteiger partial charge in [0.05, 0.1) is 16.4 Å². The molecule has 0 aliphatic carbocycles. The first-order valence-corrected chi connectivity index (χ1v) is 8.87. The van der Waals surface area contributed by atoms with Gasteiger partial charge in [0.15, 0.2) is 0 Å². The van der Waals surface area contributed by atoms with Gasteiger partial charge in [0.1, 0.15) is 4.90 Å². The molecule has 110 valence electrons. The first-order chi connectivity index (χ1) is 9.91. The number of para-hydroxylation sites is 1. The molecule has 0 radical (unpaired) electrons. The van der Waals surface area contributed by atoms with Crippen LogP contribution >= 0.6 is 27.5 Å². The van der Waals surface area contributed by atoms with Crippen LogP contribution in [-0.4, -0.2) is 15.0 Å². The van der Waals surface area contributed by atoms with Crippen molar-refractivity contribution in [3.05, 3.63) is 51.5 Å². The van der Waals surface area contributed by atoms with Gasteiger partial charge in [-0.2, -0.15) is 0 Å². The molecule has 0 amide bonds. The van der Waals surface area contributed by atoms with E-state index in [4.69, 9.17) is 17.3 Å². The Balaban J connectivity index is 2.14. The third-order valence-corrected chi connectivity index (χ3v) is 6.22. The first kappa shape index (κ1) is 14.7. The fraction of sp³-hybridized carbons (Fsp3) is 0.143. The lowest BCUT2D eigenvalue weighted by atomic mass is 10.1. The van der Waals surface area contributed by atoms with Crippen molar-refractivity contribution >= 4 is 48.9 Å². The van der Waals surface area contributed by atoms with Crippen LogP contribution < -0.4 is 10.0 Å².